The summed E-state index contributed by atoms with van der Waals surface area (Å²) in [7, 11) is 0. The normalized spacial score (nSPS) is 13.0. The number of hydrogen-bond donors (Lipinski definition) is 1. The van der Waals surface area contributed by atoms with Crippen LogP contribution in [-0.4, -0.2) is 5.11 Å². The summed E-state index contributed by atoms with van der Waals surface area (Å²) in [6, 6.07) is 4.51. The van der Waals surface area contributed by atoms with Gasteiger partial charge in [-0.15, -0.1) is 0 Å². The van der Waals surface area contributed by atoms with Crippen molar-refractivity contribution in [1.29, 1.82) is 0 Å². The van der Waals surface area contributed by atoms with Gasteiger partial charge in [-0.3, -0.25) is 0 Å². The molecule has 0 amide bonds. The zero-order chi connectivity index (χ0) is 32.1. The van der Waals surface area contributed by atoms with Crippen LogP contribution in [0.15, 0.2) is 12.1 Å². The number of phenols is 1. The molecule has 0 aromatic heterocycles. The second kappa shape index (κ2) is 29.4. The summed E-state index contributed by atoms with van der Waals surface area (Å²) in [5.41, 5.74) is 3.71. The van der Waals surface area contributed by atoms with E-state index in [-0.39, 0.29) is 0 Å². The van der Waals surface area contributed by atoms with Crippen molar-refractivity contribution in [3.8, 4) is 5.75 Å². The van der Waals surface area contributed by atoms with Crippen molar-refractivity contribution in [3.05, 3.63) is 28.8 Å². The first-order valence-corrected chi connectivity index (χ1v) is 20.3. The van der Waals surface area contributed by atoms with Gasteiger partial charge < -0.3 is 5.11 Å². The standard InChI is InChI=1S/C43H80O/c1-6-8-10-12-14-16-18-20-22-24-26-28-30-32-34-39(4)41-36-38(3)37-42(43(41)44)40(5)35-33-31-29-27-25-23-21-19-17-15-13-11-9-7-2/h36-37,39-40,44H,6-35H2,1-5H3. The quantitative estimate of drug-likeness (QED) is 0.0802. The van der Waals surface area contributed by atoms with Gasteiger partial charge in [0.15, 0.2) is 0 Å². The second-order valence-electron chi connectivity index (χ2n) is 14.9. The van der Waals surface area contributed by atoms with E-state index < -0.39 is 0 Å². The van der Waals surface area contributed by atoms with Crippen molar-refractivity contribution in [2.75, 3.05) is 0 Å². The Morgan fingerprint density at radius 3 is 0.886 bits per heavy atom. The highest BCUT2D eigenvalue weighted by Crippen LogP contribution is 2.38. The van der Waals surface area contributed by atoms with E-state index >= 15 is 0 Å². The average Bonchev–Trinajstić information content (AvgIpc) is 3.02. The molecule has 1 nitrogen and oxygen atoms in total. The molecule has 0 spiro atoms. The summed E-state index contributed by atoms with van der Waals surface area (Å²) < 4.78 is 0. The van der Waals surface area contributed by atoms with Crippen LogP contribution in [0.25, 0.3) is 0 Å². The Kier molecular flexibility index (Phi) is 27.4. The Hall–Kier alpha value is -0.980. The van der Waals surface area contributed by atoms with Crippen molar-refractivity contribution in [2.24, 2.45) is 0 Å². The lowest BCUT2D eigenvalue weighted by molar-refractivity contribution is 0.441. The molecular weight excluding hydrogens is 532 g/mol. The van der Waals surface area contributed by atoms with E-state index in [1.54, 1.807) is 0 Å². The van der Waals surface area contributed by atoms with Gasteiger partial charge in [-0.1, -0.05) is 225 Å². The lowest BCUT2D eigenvalue weighted by Crippen LogP contribution is -2.02. The zero-order valence-corrected chi connectivity index (χ0v) is 31.0. The molecule has 0 aliphatic carbocycles. The summed E-state index contributed by atoms with van der Waals surface area (Å²) in [5.74, 6) is 1.49. The highest BCUT2D eigenvalue weighted by atomic mass is 16.3. The predicted octanol–water partition coefficient (Wildman–Crippen LogP) is 15.7. The summed E-state index contributed by atoms with van der Waals surface area (Å²) in [6.45, 7) is 11.5. The van der Waals surface area contributed by atoms with Crippen LogP contribution in [0.1, 0.15) is 249 Å². The van der Waals surface area contributed by atoms with Gasteiger partial charge in [-0.2, -0.15) is 0 Å². The second-order valence-corrected chi connectivity index (χ2v) is 14.9. The molecule has 0 aliphatic rings. The van der Waals surface area contributed by atoms with Crippen molar-refractivity contribution in [2.45, 2.75) is 239 Å². The minimum atomic E-state index is 0.444. The van der Waals surface area contributed by atoms with Gasteiger partial charge in [0.2, 0.25) is 0 Å². The molecule has 2 atom stereocenters. The molecule has 0 saturated carbocycles. The lowest BCUT2D eigenvalue weighted by atomic mass is 9.86. The van der Waals surface area contributed by atoms with Crippen molar-refractivity contribution in [1.82, 2.24) is 0 Å². The SMILES string of the molecule is CCCCCCCCCCCCCCCCC(C)c1cc(C)cc(C(C)CCCCCCCCCCCCCCCC)c1O. The van der Waals surface area contributed by atoms with Gasteiger partial charge in [0.25, 0.3) is 0 Å². The molecule has 0 radical (unpaired) electrons. The van der Waals surface area contributed by atoms with Crippen molar-refractivity contribution >= 4 is 0 Å². The first-order chi connectivity index (χ1) is 21.5. The Balaban J connectivity index is 2.15. The summed E-state index contributed by atoms with van der Waals surface area (Å²) in [4.78, 5) is 0. The summed E-state index contributed by atoms with van der Waals surface area (Å²) >= 11 is 0. The van der Waals surface area contributed by atoms with Crippen LogP contribution in [-0.2, 0) is 0 Å². The maximum atomic E-state index is 11.3. The van der Waals surface area contributed by atoms with Crippen LogP contribution in [0.2, 0.25) is 0 Å². The maximum absolute atomic E-state index is 11.3. The Morgan fingerprint density at radius 2 is 0.636 bits per heavy atom. The van der Waals surface area contributed by atoms with Crippen LogP contribution in [0.5, 0.6) is 5.75 Å². The van der Waals surface area contributed by atoms with Crippen LogP contribution in [0.4, 0.5) is 0 Å². The van der Waals surface area contributed by atoms with Gasteiger partial charge in [0.05, 0.1) is 0 Å². The van der Waals surface area contributed by atoms with E-state index in [2.05, 4.69) is 46.8 Å². The van der Waals surface area contributed by atoms with Crippen LogP contribution >= 0.6 is 0 Å². The van der Waals surface area contributed by atoms with E-state index in [4.69, 9.17) is 0 Å². The number of phenolic OH excluding ortho intramolecular Hbond substituents is 1. The molecule has 1 rings (SSSR count). The minimum absolute atomic E-state index is 0.444. The number of hydrogen-bond acceptors (Lipinski definition) is 1. The maximum Gasteiger partial charge on any atom is 0.122 e. The minimum Gasteiger partial charge on any atom is -0.507 e. The molecule has 1 heteroatoms. The van der Waals surface area contributed by atoms with Crippen LogP contribution in [0.3, 0.4) is 0 Å². The highest BCUT2D eigenvalue weighted by Gasteiger charge is 2.18. The van der Waals surface area contributed by atoms with Crippen LogP contribution in [0, 0.1) is 6.92 Å². The zero-order valence-electron chi connectivity index (χ0n) is 31.0. The number of rotatable bonds is 32. The third-order valence-corrected chi connectivity index (χ3v) is 10.4. The highest BCUT2D eigenvalue weighted by molar-refractivity contribution is 5.46. The van der Waals surface area contributed by atoms with Crippen LogP contribution < -0.4 is 0 Å². The van der Waals surface area contributed by atoms with Gasteiger partial charge in [-0.25, -0.2) is 0 Å². The molecular formula is C43H80O. The molecule has 0 aliphatic heterocycles. The van der Waals surface area contributed by atoms with Gasteiger partial charge in [-0.05, 0) is 42.7 Å². The fraction of sp³-hybridized carbons (Fsp3) is 0.860. The Morgan fingerprint density at radius 1 is 0.409 bits per heavy atom. The Bertz CT molecular complexity index is 692. The van der Waals surface area contributed by atoms with Gasteiger partial charge in [0, 0.05) is 0 Å². The predicted molar refractivity (Wildman–Crippen MR) is 200 cm³/mol. The first kappa shape index (κ1) is 41.0. The monoisotopic (exact) mass is 613 g/mol. The number of aryl methyl sites for hydroxylation is 1. The molecule has 2 unspecified atom stereocenters. The van der Waals surface area contributed by atoms with Gasteiger partial charge in [0.1, 0.15) is 5.75 Å². The molecule has 0 fully saturated rings. The fourth-order valence-corrected chi connectivity index (χ4v) is 7.19. The fourth-order valence-electron chi connectivity index (χ4n) is 7.19. The Labute approximate surface area is 278 Å². The molecule has 0 bridgehead atoms. The molecule has 258 valence electrons. The van der Waals surface area contributed by atoms with Crippen molar-refractivity contribution < 1.29 is 5.11 Å². The molecule has 0 heterocycles. The topological polar surface area (TPSA) is 20.2 Å². The molecule has 44 heavy (non-hydrogen) atoms. The molecule has 1 aromatic carbocycles. The smallest absolute Gasteiger partial charge is 0.122 e. The average molecular weight is 613 g/mol. The van der Waals surface area contributed by atoms with E-state index in [0.29, 0.717) is 17.6 Å². The molecule has 1 aromatic rings. The third-order valence-electron chi connectivity index (χ3n) is 10.4. The number of benzene rings is 1. The van der Waals surface area contributed by atoms with E-state index in [0.717, 1.165) is 0 Å². The first-order valence-electron chi connectivity index (χ1n) is 20.3. The van der Waals surface area contributed by atoms with E-state index in [1.807, 2.05) is 0 Å². The van der Waals surface area contributed by atoms with E-state index in [1.165, 1.54) is 209 Å². The van der Waals surface area contributed by atoms with Crippen molar-refractivity contribution in [3.63, 3.8) is 0 Å². The third kappa shape index (κ3) is 21.7. The number of unbranched alkanes of at least 4 members (excludes halogenated alkanes) is 26. The number of aromatic hydroxyl groups is 1. The largest absolute Gasteiger partial charge is 0.507 e. The van der Waals surface area contributed by atoms with Gasteiger partial charge >= 0.3 is 0 Å². The van der Waals surface area contributed by atoms with E-state index in [9.17, 15) is 5.11 Å². The summed E-state index contributed by atoms with van der Waals surface area (Å²) in [6.07, 6.45) is 41.9. The lowest BCUT2D eigenvalue weighted by Gasteiger charge is -2.21. The molecule has 0 saturated heterocycles. The summed E-state index contributed by atoms with van der Waals surface area (Å²) in [5, 5.41) is 11.3. The molecule has 1 N–H and O–H groups in total.